The number of amides is 1. The lowest BCUT2D eigenvalue weighted by atomic mass is 9.86. The molecule has 6 nitrogen and oxygen atoms in total. The largest absolute Gasteiger partial charge is 0.369 e. The Balaban J connectivity index is 0.00000240. The van der Waals surface area contributed by atoms with Gasteiger partial charge in [0.15, 0.2) is 0 Å². The zero-order chi connectivity index (χ0) is 19.6. The van der Waals surface area contributed by atoms with Crippen molar-refractivity contribution in [2.24, 2.45) is 0 Å². The molecule has 2 aromatic rings. The number of piperidine rings is 1. The van der Waals surface area contributed by atoms with Gasteiger partial charge in [-0.25, -0.2) is 0 Å². The molecule has 1 saturated heterocycles. The molecule has 0 aliphatic carbocycles. The van der Waals surface area contributed by atoms with Gasteiger partial charge in [0.1, 0.15) is 5.60 Å². The lowest BCUT2D eigenvalue weighted by molar-refractivity contribution is -0.0771. The van der Waals surface area contributed by atoms with Gasteiger partial charge in [-0.3, -0.25) is 9.59 Å². The van der Waals surface area contributed by atoms with Crippen LogP contribution < -0.4 is 16.2 Å². The first-order valence-electron chi connectivity index (χ1n) is 10.0. The molecule has 8 heteroatoms. The summed E-state index contributed by atoms with van der Waals surface area (Å²) >= 11 is 1.59. The van der Waals surface area contributed by atoms with Crippen LogP contribution in [0.1, 0.15) is 45.1 Å². The molecule has 1 spiro atoms. The Morgan fingerprint density at radius 2 is 2.14 bits per heavy atom. The van der Waals surface area contributed by atoms with Crippen molar-refractivity contribution in [2.45, 2.75) is 44.8 Å². The number of halogens is 1. The molecule has 0 saturated carbocycles. The van der Waals surface area contributed by atoms with E-state index in [-0.39, 0.29) is 29.5 Å². The number of rotatable bonds is 5. The van der Waals surface area contributed by atoms with Gasteiger partial charge in [-0.05, 0) is 63.4 Å². The highest BCUT2D eigenvalue weighted by Crippen LogP contribution is 2.44. The van der Waals surface area contributed by atoms with Crippen LogP contribution in [0.15, 0.2) is 29.1 Å². The average Bonchev–Trinajstić information content (AvgIpc) is 3.14. The number of thiophene rings is 1. The van der Waals surface area contributed by atoms with Gasteiger partial charge in [0.25, 0.3) is 11.5 Å². The lowest BCUT2D eigenvalue weighted by Crippen LogP contribution is -2.43. The van der Waals surface area contributed by atoms with E-state index in [0.29, 0.717) is 13.1 Å². The van der Waals surface area contributed by atoms with Crippen LogP contribution in [0.4, 0.5) is 0 Å². The van der Waals surface area contributed by atoms with E-state index in [0.717, 1.165) is 56.0 Å². The normalized spacial score (nSPS) is 17.4. The van der Waals surface area contributed by atoms with Crippen molar-refractivity contribution in [3.63, 3.8) is 0 Å². The number of pyridine rings is 1. The van der Waals surface area contributed by atoms with E-state index in [1.807, 2.05) is 19.1 Å². The number of ether oxygens (including phenoxy) is 1. The van der Waals surface area contributed by atoms with Crippen LogP contribution in [0, 0.1) is 6.92 Å². The van der Waals surface area contributed by atoms with Crippen LogP contribution in [0.3, 0.4) is 0 Å². The van der Waals surface area contributed by atoms with E-state index in [9.17, 15) is 9.59 Å². The third-order valence-corrected chi connectivity index (χ3v) is 7.08. The summed E-state index contributed by atoms with van der Waals surface area (Å²) in [5, 5.41) is 6.41. The molecule has 0 radical (unpaired) electrons. The smallest absolute Gasteiger partial charge is 0.261 e. The van der Waals surface area contributed by atoms with Crippen LogP contribution in [0.5, 0.6) is 0 Å². The predicted molar refractivity (Wildman–Crippen MR) is 117 cm³/mol. The molecule has 2 N–H and O–H groups in total. The molecule has 0 atom stereocenters. The third kappa shape index (κ3) is 4.58. The van der Waals surface area contributed by atoms with Gasteiger partial charge in [-0.2, -0.15) is 0 Å². The predicted octanol–water partition coefficient (Wildman–Crippen LogP) is 2.61. The number of hydrogen-bond donors (Lipinski definition) is 2. The molecule has 2 aliphatic rings. The molecule has 4 heterocycles. The van der Waals surface area contributed by atoms with E-state index in [1.165, 1.54) is 10.4 Å². The van der Waals surface area contributed by atoms with Crippen LogP contribution >= 0.6 is 23.7 Å². The lowest BCUT2D eigenvalue weighted by Gasteiger charge is -2.40. The second-order valence-corrected chi connectivity index (χ2v) is 8.63. The average molecular weight is 438 g/mol. The van der Waals surface area contributed by atoms with Crippen LogP contribution in [-0.4, -0.2) is 36.7 Å². The highest BCUT2D eigenvalue weighted by Gasteiger charge is 2.41. The molecule has 1 fully saturated rings. The summed E-state index contributed by atoms with van der Waals surface area (Å²) in [6.45, 7) is 5.73. The monoisotopic (exact) mass is 437 g/mol. The van der Waals surface area contributed by atoms with Crippen molar-refractivity contribution in [1.29, 1.82) is 0 Å². The van der Waals surface area contributed by atoms with Crippen molar-refractivity contribution < 1.29 is 9.53 Å². The van der Waals surface area contributed by atoms with Crippen molar-refractivity contribution in [2.75, 3.05) is 26.2 Å². The molecule has 0 unspecified atom stereocenters. The minimum Gasteiger partial charge on any atom is -0.369 e. The first-order valence-corrected chi connectivity index (χ1v) is 10.8. The molecule has 0 bridgehead atoms. The maximum Gasteiger partial charge on any atom is 0.261 e. The number of fused-ring (bicyclic) bond motifs is 2. The molecule has 158 valence electrons. The van der Waals surface area contributed by atoms with Gasteiger partial charge in [-0.1, -0.05) is 6.07 Å². The molecule has 4 rings (SSSR count). The zero-order valence-electron chi connectivity index (χ0n) is 16.7. The van der Waals surface area contributed by atoms with E-state index in [4.69, 9.17) is 4.74 Å². The van der Waals surface area contributed by atoms with E-state index >= 15 is 0 Å². The molecule has 0 aromatic carbocycles. The Morgan fingerprint density at radius 3 is 2.90 bits per heavy atom. The second kappa shape index (κ2) is 9.43. The first kappa shape index (κ1) is 22.0. The van der Waals surface area contributed by atoms with Crippen molar-refractivity contribution in [3.05, 3.63) is 55.6 Å². The molecular weight excluding hydrogens is 410 g/mol. The van der Waals surface area contributed by atoms with Gasteiger partial charge >= 0.3 is 0 Å². The van der Waals surface area contributed by atoms with Gasteiger partial charge in [0.05, 0.1) is 11.5 Å². The molecule has 29 heavy (non-hydrogen) atoms. The van der Waals surface area contributed by atoms with Crippen LogP contribution in [0.2, 0.25) is 0 Å². The summed E-state index contributed by atoms with van der Waals surface area (Å²) in [6.07, 6.45) is 3.53. The fourth-order valence-electron chi connectivity index (χ4n) is 4.17. The summed E-state index contributed by atoms with van der Waals surface area (Å²) in [5.74, 6) is -0.0272. The van der Waals surface area contributed by atoms with E-state index in [1.54, 1.807) is 28.0 Å². The number of aryl methyl sites for hydroxylation is 1. The number of hydrogen-bond acceptors (Lipinski definition) is 5. The maximum atomic E-state index is 12.7. The highest BCUT2D eigenvalue weighted by molar-refractivity contribution is 7.14. The van der Waals surface area contributed by atoms with Gasteiger partial charge in [0, 0.05) is 29.7 Å². The summed E-state index contributed by atoms with van der Waals surface area (Å²) in [5.41, 5.74) is 2.02. The van der Waals surface area contributed by atoms with Crippen LogP contribution in [-0.2, 0) is 23.3 Å². The standard InChI is InChI=1S/C21H27N3O3S.ClH/c1-15-4-2-5-18(25)24(15)12-3-9-23-20(26)17-14-16-6-13-27-21(19(16)28-17)7-10-22-11-8-21;/h2,4-5,14,22H,3,6-13H2,1H3,(H,23,26);1H. The Hall–Kier alpha value is -1.67. The van der Waals surface area contributed by atoms with E-state index in [2.05, 4.69) is 10.6 Å². The first-order chi connectivity index (χ1) is 13.6. The molecule has 2 aliphatic heterocycles. The minimum absolute atomic E-state index is 0. The SMILES string of the molecule is Cc1cccc(=O)n1CCCNC(=O)c1cc2c(s1)C1(CCNCC1)OCC2.Cl. The van der Waals surface area contributed by atoms with Gasteiger partial charge in [-0.15, -0.1) is 23.7 Å². The Morgan fingerprint density at radius 1 is 1.34 bits per heavy atom. The number of carbonyl (C=O) groups is 1. The zero-order valence-corrected chi connectivity index (χ0v) is 18.3. The highest BCUT2D eigenvalue weighted by atomic mass is 35.5. The summed E-state index contributed by atoms with van der Waals surface area (Å²) in [6, 6.07) is 7.32. The van der Waals surface area contributed by atoms with Crippen molar-refractivity contribution in [3.8, 4) is 0 Å². The topological polar surface area (TPSA) is 72.4 Å². The fraction of sp³-hybridized carbons (Fsp3) is 0.524. The summed E-state index contributed by atoms with van der Waals surface area (Å²) < 4.78 is 7.95. The summed E-state index contributed by atoms with van der Waals surface area (Å²) in [4.78, 5) is 26.6. The molecule has 1 amide bonds. The van der Waals surface area contributed by atoms with Gasteiger partial charge in [0.2, 0.25) is 0 Å². The quantitative estimate of drug-likeness (QED) is 0.705. The van der Waals surface area contributed by atoms with Crippen LogP contribution in [0.25, 0.3) is 0 Å². The second-order valence-electron chi connectivity index (χ2n) is 7.57. The summed E-state index contributed by atoms with van der Waals surface area (Å²) in [7, 11) is 0. The third-order valence-electron chi connectivity index (χ3n) is 5.72. The Kier molecular flexibility index (Phi) is 7.16. The number of aromatic nitrogens is 1. The van der Waals surface area contributed by atoms with Crippen molar-refractivity contribution in [1.82, 2.24) is 15.2 Å². The van der Waals surface area contributed by atoms with Crippen molar-refractivity contribution >= 4 is 29.7 Å². The number of carbonyl (C=O) groups excluding carboxylic acids is 1. The van der Waals surface area contributed by atoms with E-state index < -0.39 is 0 Å². The minimum atomic E-state index is -0.200. The Bertz CT molecular complexity index is 918. The maximum absolute atomic E-state index is 12.7. The molecular formula is C21H28ClN3O3S. The number of nitrogens with one attached hydrogen (secondary N) is 2. The molecule has 2 aromatic heterocycles. The Labute approximate surface area is 181 Å². The fourth-order valence-corrected chi connectivity index (χ4v) is 5.50. The number of nitrogens with zero attached hydrogens (tertiary/aromatic N) is 1. The van der Waals surface area contributed by atoms with Gasteiger partial charge < -0.3 is 19.9 Å².